The summed E-state index contributed by atoms with van der Waals surface area (Å²) in [6.07, 6.45) is 2.69. The van der Waals surface area contributed by atoms with E-state index in [-0.39, 0.29) is 12.5 Å². The van der Waals surface area contributed by atoms with Crippen molar-refractivity contribution in [2.75, 3.05) is 19.7 Å². The quantitative estimate of drug-likeness (QED) is 0.551. The molecule has 3 heteroatoms. The molecule has 0 N–H and O–H groups in total. The van der Waals surface area contributed by atoms with Gasteiger partial charge < -0.3 is 4.90 Å². The number of rotatable bonds is 2. The van der Waals surface area contributed by atoms with E-state index in [4.69, 9.17) is 0 Å². The third kappa shape index (κ3) is 1.70. The van der Waals surface area contributed by atoms with Crippen LogP contribution in [-0.4, -0.2) is 30.5 Å². The summed E-state index contributed by atoms with van der Waals surface area (Å²) in [6.45, 7) is 1.03. The van der Waals surface area contributed by atoms with Gasteiger partial charge in [0.1, 0.15) is 0 Å². The Morgan fingerprint density at radius 2 is 2.20 bits per heavy atom. The van der Waals surface area contributed by atoms with Crippen molar-refractivity contribution >= 4 is 5.91 Å². The van der Waals surface area contributed by atoms with Gasteiger partial charge in [0.15, 0.2) is 0 Å². The number of carbonyl (C=O) groups is 1. The summed E-state index contributed by atoms with van der Waals surface area (Å²) in [5, 5.41) is 10.1. The summed E-state index contributed by atoms with van der Waals surface area (Å²) >= 11 is 0. The maximum Gasteiger partial charge on any atom is 0.222 e. The Balaban J connectivity index is 2.32. The molecule has 1 aliphatic rings. The number of amides is 1. The van der Waals surface area contributed by atoms with Gasteiger partial charge in [0.2, 0.25) is 5.91 Å². The van der Waals surface area contributed by atoms with E-state index in [0.29, 0.717) is 13.0 Å². The van der Waals surface area contributed by atoms with Gasteiger partial charge in [-0.15, -0.1) is 0 Å². The Morgan fingerprint density at radius 3 is 2.80 bits per heavy atom. The molecular formula is C7H12NO2. The summed E-state index contributed by atoms with van der Waals surface area (Å²) < 4.78 is 0. The second-order valence-corrected chi connectivity index (χ2v) is 2.54. The van der Waals surface area contributed by atoms with E-state index in [1.807, 2.05) is 0 Å². The van der Waals surface area contributed by atoms with Crippen LogP contribution in [0.15, 0.2) is 0 Å². The molecule has 0 aliphatic carbocycles. The number of likely N-dealkylation sites (tertiary alicyclic amines) is 1. The first kappa shape index (κ1) is 7.54. The summed E-state index contributed by atoms with van der Waals surface area (Å²) in [4.78, 5) is 12.6. The fraction of sp³-hybridized carbons (Fsp3) is 0.857. The van der Waals surface area contributed by atoms with Crippen LogP contribution in [0.1, 0.15) is 19.3 Å². The van der Waals surface area contributed by atoms with E-state index in [1.165, 1.54) is 0 Å². The number of hydrogen-bond acceptors (Lipinski definition) is 1. The van der Waals surface area contributed by atoms with Crippen molar-refractivity contribution in [3.8, 4) is 0 Å². The van der Waals surface area contributed by atoms with E-state index in [1.54, 1.807) is 4.90 Å². The molecule has 1 amide bonds. The zero-order chi connectivity index (χ0) is 7.40. The third-order valence-corrected chi connectivity index (χ3v) is 1.78. The van der Waals surface area contributed by atoms with Crippen LogP contribution in [-0.2, 0) is 9.90 Å². The Hall–Kier alpha value is -0.570. The van der Waals surface area contributed by atoms with Crippen molar-refractivity contribution in [2.24, 2.45) is 0 Å². The molecule has 0 atom stereocenters. The van der Waals surface area contributed by atoms with Crippen LogP contribution in [0.25, 0.3) is 0 Å². The van der Waals surface area contributed by atoms with Gasteiger partial charge in [0, 0.05) is 19.5 Å². The summed E-state index contributed by atoms with van der Waals surface area (Å²) in [5.74, 6) is 0.155. The maximum absolute atomic E-state index is 11.0. The van der Waals surface area contributed by atoms with Gasteiger partial charge in [-0.2, -0.15) is 0 Å². The summed E-state index contributed by atoms with van der Waals surface area (Å²) in [7, 11) is 0. The highest BCUT2D eigenvalue weighted by Crippen LogP contribution is 2.08. The van der Waals surface area contributed by atoms with E-state index in [9.17, 15) is 9.90 Å². The molecule has 1 aliphatic heterocycles. The van der Waals surface area contributed by atoms with Crippen molar-refractivity contribution < 1.29 is 9.90 Å². The molecule has 0 saturated carbocycles. The minimum absolute atomic E-state index is 0.155. The summed E-state index contributed by atoms with van der Waals surface area (Å²) in [6, 6.07) is 0. The topological polar surface area (TPSA) is 40.2 Å². The van der Waals surface area contributed by atoms with Gasteiger partial charge >= 0.3 is 0 Å². The molecule has 1 fully saturated rings. The van der Waals surface area contributed by atoms with E-state index in [2.05, 4.69) is 0 Å². The van der Waals surface area contributed by atoms with Gasteiger partial charge in [0.05, 0.1) is 6.61 Å². The minimum Gasteiger partial charge on any atom is -0.340 e. The van der Waals surface area contributed by atoms with Crippen LogP contribution in [0.2, 0.25) is 0 Å². The SMILES string of the molecule is [O]CCN1CCCCC1=O. The molecule has 10 heavy (non-hydrogen) atoms. The molecule has 1 heterocycles. The van der Waals surface area contributed by atoms with Crippen molar-refractivity contribution in [3.05, 3.63) is 0 Å². The van der Waals surface area contributed by atoms with Crippen LogP contribution in [0.5, 0.6) is 0 Å². The van der Waals surface area contributed by atoms with E-state index in [0.717, 1.165) is 19.4 Å². The van der Waals surface area contributed by atoms with Crippen molar-refractivity contribution in [2.45, 2.75) is 19.3 Å². The van der Waals surface area contributed by atoms with Gasteiger partial charge in [-0.1, -0.05) is 0 Å². The van der Waals surface area contributed by atoms with Crippen LogP contribution < -0.4 is 0 Å². The molecule has 0 bridgehead atoms. The Labute approximate surface area is 60.6 Å². The zero-order valence-electron chi connectivity index (χ0n) is 6.01. The highest BCUT2D eigenvalue weighted by Gasteiger charge is 2.16. The first-order chi connectivity index (χ1) is 4.84. The second-order valence-electron chi connectivity index (χ2n) is 2.54. The maximum atomic E-state index is 11.0. The van der Waals surface area contributed by atoms with Gasteiger partial charge in [0.25, 0.3) is 0 Å². The van der Waals surface area contributed by atoms with Crippen LogP contribution in [0.4, 0.5) is 0 Å². The van der Waals surface area contributed by atoms with Crippen LogP contribution >= 0.6 is 0 Å². The van der Waals surface area contributed by atoms with E-state index >= 15 is 0 Å². The largest absolute Gasteiger partial charge is 0.340 e. The molecule has 1 radical (unpaired) electrons. The molecule has 1 rings (SSSR count). The highest BCUT2D eigenvalue weighted by atomic mass is 16.3. The number of piperidine rings is 1. The molecule has 0 aromatic heterocycles. The Kier molecular flexibility index (Phi) is 2.68. The molecule has 0 aromatic rings. The molecule has 0 aromatic carbocycles. The van der Waals surface area contributed by atoms with E-state index < -0.39 is 0 Å². The number of nitrogens with zero attached hydrogens (tertiary/aromatic N) is 1. The first-order valence-electron chi connectivity index (χ1n) is 3.70. The molecule has 57 valence electrons. The fourth-order valence-corrected chi connectivity index (χ4v) is 1.21. The molecule has 3 nitrogen and oxygen atoms in total. The lowest BCUT2D eigenvalue weighted by Gasteiger charge is -2.25. The average Bonchev–Trinajstić information content (AvgIpc) is 1.94. The van der Waals surface area contributed by atoms with Crippen LogP contribution in [0, 0.1) is 0 Å². The highest BCUT2D eigenvalue weighted by molar-refractivity contribution is 5.76. The lowest BCUT2D eigenvalue weighted by molar-refractivity contribution is -0.134. The van der Waals surface area contributed by atoms with Gasteiger partial charge in [-0.3, -0.25) is 4.79 Å². The number of hydrogen-bond donors (Lipinski definition) is 0. The van der Waals surface area contributed by atoms with Crippen LogP contribution in [0.3, 0.4) is 0 Å². The normalized spacial score (nSPS) is 19.7. The standard InChI is InChI=1S/C7H12NO2/c9-6-5-8-4-2-1-3-7(8)10/h1-6H2. The average molecular weight is 142 g/mol. The van der Waals surface area contributed by atoms with Gasteiger partial charge in [-0.25, -0.2) is 5.11 Å². The smallest absolute Gasteiger partial charge is 0.222 e. The second kappa shape index (κ2) is 3.56. The third-order valence-electron chi connectivity index (χ3n) is 1.78. The fourth-order valence-electron chi connectivity index (χ4n) is 1.21. The molecule has 0 unspecified atom stereocenters. The number of carbonyl (C=O) groups excluding carboxylic acids is 1. The Bertz CT molecular complexity index is 123. The molecule has 1 saturated heterocycles. The lowest BCUT2D eigenvalue weighted by Crippen LogP contribution is -2.36. The monoisotopic (exact) mass is 142 g/mol. The minimum atomic E-state index is -0.161. The summed E-state index contributed by atoms with van der Waals surface area (Å²) in [5.41, 5.74) is 0. The lowest BCUT2D eigenvalue weighted by atomic mass is 10.1. The van der Waals surface area contributed by atoms with Gasteiger partial charge in [-0.05, 0) is 12.8 Å². The predicted octanol–water partition coefficient (Wildman–Crippen LogP) is 0.429. The molecule has 0 spiro atoms. The predicted molar refractivity (Wildman–Crippen MR) is 36.0 cm³/mol. The Morgan fingerprint density at radius 1 is 1.40 bits per heavy atom. The zero-order valence-corrected chi connectivity index (χ0v) is 6.01. The van der Waals surface area contributed by atoms with Crippen molar-refractivity contribution in [3.63, 3.8) is 0 Å². The first-order valence-corrected chi connectivity index (χ1v) is 3.70. The van der Waals surface area contributed by atoms with Crippen molar-refractivity contribution in [1.29, 1.82) is 0 Å². The van der Waals surface area contributed by atoms with Crippen molar-refractivity contribution in [1.82, 2.24) is 4.90 Å². The molecular weight excluding hydrogens is 130 g/mol.